The summed E-state index contributed by atoms with van der Waals surface area (Å²) >= 11 is 0. The fourth-order valence-corrected chi connectivity index (χ4v) is 4.71. The van der Waals surface area contributed by atoms with Crippen LogP contribution >= 0.6 is 0 Å². The van der Waals surface area contributed by atoms with Crippen LogP contribution in [0.15, 0.2) is 132 Å². The van der Waals surface area contributed by atoms with Crippen LogP contribution in [0.3, 0.4) is 0 Å². The zero-order valence-electron chi connectivity index (χ0n) is 19.7. The van der Waals surface area contributed by atoms with Crippen molar-refractivity contribution >= 4 is 27.6 Å². The predicted octanol–water partition coefficient (Wildman–Crippen LogP) is 8.48. The van der Waals surface area contributed by atoms with Gasteiger partial charge in [-0.15, -0.1) is 0 Å². The van der Waals surface area contributed by atoms with Gasteiger partial charge >= 0.3 is 0 Å². The molecule has 0 atom stereocenters. The quantitative estimate of drug-likeness (QED) is 0.251. The van der Waals surface area contributed by atoms with Gasteiger partial charge in [0.15, 0.2) is 12.0 Å². The van der Waals surface area contributed by atoms with Crippen LogP contribution < -0.4 is 0 Å². The molecule has 0 spiro atoms. The van der Waals surface area contributed by atoms with Gasteiger partial charge in [-0.1, -0.05) is 97.1 Å². The van der Waals surface area contributed by atoms with Crippen molar-refractivity contribution in [3.05, 3.63) is 139 Å². The summed E-state index contributed by atoms with van der Waals surface area (Å²) in [5.41, 5.74) is 8.66. The number of nitrogens with zero attached hydrogens (tertiary/aromatic N) is 1. The number of allylic oxidation sites excluding steroid dienone is 2. The maximum Gasteiger partial charge on any atom is 0.181 e. The molecule has 1 N–H and O–H groups in total. The lowest BCUT2D eigenvalue weighted by molar-refractivity contribution is 0.602. The highest BCUT2D eigenvalue weighted by Gasteiger charge is 2.14. The van der Waals surface area contributed by atoms with Crippen molar-refractivity contribution in [1.29, 1.82) is 5.41 Å². The number of aromatic nitrogens is 1. The Kier molecular flexibility index (Phi) is 5.72. The molecule has 6 aromatic rings. The topological polar surface area (TPSA) is 49.9 Å². The summed E-state index contributed by atoms with van der Waals surface area (Å²) < 4.78 is 5.59. The van der Waals surface area contributed by atoms with E-state index in [-0.39, 0.29) is 0 Å². The molecule has 5 aromatic carbocycles. The Balaban J connectivity index is 1.42. The van der Waals surface area contributed by atoms with Gasteiger partial charge in [-0.2, -0.15) is 0 Å². The van der Waals surface area contributed by atoms with Crippen molar-refractivity contribution in [2.24, 2.45) is 0 Å². The van der Waals surface area contributed by atoms with Gasteiger partial charge in [0.05, 0.1) is 5.71 Å². The Bertz CT molecular complexity index is 1730. The first kappa shape index (κ1) is 21.8. The molecular weight excluding hydrogens is 440 g/mol. The minimum absolute atomic E-state index is 0.498. The molecule has 0 bridgehead atoms. The Morgan fingerprint density at radius 3 is 2.56 bits per heavy atom. The predicted molar refractivity (Wildman–Crippen MR) is 149 cm³/mol. The lowest BCUT2D eigenvalue weighted by Crippen LogP contribution is -1.96. The van der Waals surface area contributed by atoms with Gasteiger partial charge in [0, 0.05) is 0 Å². The molecule has 6 rings (SSSR count). The monoisotopic (exact) mass is 464 g/mol. The van der Waals surface area contributed by atoms with E-state index in [4.69, 9.17) is 9.83 Å². The molecule has 36 heavy (non-hydrogen) atoms. The highest BCUT2D eigenvalue weighted by Crippen LogP contribution is 2.39. The second-order valence-corrected chi connectivity index (χ2v) is 8.83. The zero-order chi connectivity index (χ0) is 24.3. The molecular formula is C33H24N2O. The van der Waals surface area contributed by atoms with Crippen molar-refractivity contribution in [1.82, 2.24) is 4.98 Å². The van der Waals surface area contributed by atoms with E-state index in [2.05, 4.69) is 77.8 Å². The Morgan fingerprint density at radius 1 is 0.778 bits per heavy atom. The number of oxazole rings is 1. The molecule has 0 amide bonds. The molecule has 0 unspecified atom stereocenters. The van der Waals surface area contributed by atoms with Crippen LogP contribution in [0.2, 0.25) is 0 Å². The lowest BCUT2D eigenvalue weighted by Gasteiger charge is -2.15. The normalized spacial score (nSPS) is 11.4. The van der Waals surface area contributed by atoms with Gasteiger partial charge in [-0.25, -0.2) is 4.98 Å². The van der Waals surface area contributed by atoms with E-state index in [0.717, 1.165) is 45.3 Å². The minimum atomic E-state index is 0.498. The van der Waals surface area contributed by atoms with Crippen LogP contribution in [0.25, 0.3) is 44.1 Å². The number of benzene rings is 5. The Labute approximate surface area is 209 Å². The molecule has 3 heteroatoms. The van der Waals surface area contributed by atoms with Crippen LogP contribution in [-0.4, -0.2) is 10.7 Å². The molecule has 3 nitrogen and oxygen atoms in total. The van der Waals surface area contributed by atoms with Crippen molar-refractivity contribution < 1.29 is 4.42 Å². The van der Waals surface area contributed by atoms with Crippen LogP contribution in [0.4, 0.5) is 0 Å². The van der Waals surface area contributed by atoms with Crippen LogP contribution in [0.1, 0.15) is 11.1 Å². The third-order valence-corrected chi connectivity index (χ3v) is 6.51. The fraction of sp³-hybridized carbons (Fsp3) is 0.0303. The molecule has 1 aromatic heterocycles. The summed E-state index contributed by atoms with van der Waals surface area (Å²) in [7, 11) is 0. The molecule has 0 fully saturated rings. The smallest absolute Gasteiger partial charge is 0.181 e. The van der Waals surface area contributed by atoms with E-state index in [9.17, 15) is 0 Å². The summed E-state index contributed by atoms with van der Waals surface area (Å²) in [6.45, 7) is 0. The fourth-order valence-electron chi connectivity index (χ4n) is 4.71. The van der Waals surface area contributed by atoms with Crippen molar-refractivity contribution in [2.45, 2.75) is 6.42 Å². The number of hydrogen-bond donors (Lipinski definition) is 1. The number of hydrogen-bond acceptors (Lipinski definition) is 3. The molecule has 0 saturated carbocycles. The second-order valence-electron chi connectivity index (χ2n) is 8.83. The van der Waals surface area contributed by atoms with E-state index in [1.54, 1.807) is 0 Å². The van der Waals surface area contributed by atoms with Crippen molar-refractivity contribution in [3.63, 3.8) is 0 Å². The standard InChI is InChI=1S/C33H24N2O/c34-30(15-6-10-23-8-2-1-3-9-23)26-12-7-13-27(20-26)33-28-14-5-4-11-24(28)16-18-29(33)25-17-19-31-32(21-25)36-22-35-31/h1-9,11-22,34H,10H2/b15-6-,34-30?. The summed E-state index contributed by atoms with van der Waals surface area (Å²) in [5, 5.41) is 11.1. The maximum absolute atomic E-state index is 8.70. The first-order chi connectivity index (χ1) is 17.8. The van der Waals surface area contributed by atoms with Gasteiger partial charge in [0.25, 0.3) is 0 Å². The third kappa shape index (κ3) is 4.23. The molecule has 0 radical (unpaired) electrons. The first-order valence-corrected chi connectivity index (χ1v) is 12.0. The van der Waals surface area contributed by atoms with Gasteiger partial charge in [-0.3, -0.25) is 0 Å². The summed E-state index contributed by atoms with van der Waals surface area (Å²) in [5.74, 6) is 0. The Hall–Kier alpha value is -4.76. The first-order valence-electron chi connectivity index (χ1n) is 12.0. The molecule has 0 aliphatic carbocycles. The van der Waals surface area contributed by atoms with Crippen molar-refractivity contribution in [2.75, 3.05) is 0 Å². The largest absolute Gasteiger partial charge is 0.443 e. The van der Waals surface area contributed by atoms with Gasteiger partial charge in [-0.05, 0) is 74.8 Å². The van der Waals surface area contributed by atoms with E-state index < -0.39 is 0 Å². The number of nitrogens with one attached hydrogen (secondary N) is 1. The maximum atomic E-state index is 8.70. The highest BCUT2D eigenvalue weighted by atomic mass is 16.3. The van der Waals surface area contributed by atoms with Crippen LogP contribution in [0, 0.1) is 5.41 Å². The lowest BCUT2D eigenvalue weighted by atomic mass is 9.88. The molecule has 172 valence electrons. The van der Waals surface area contributed by atoms with Gasteiger partial charge in [0.2, 0.25) is 0 Å². The van der Waals surface area contributed by atoms with E-state index in [0.29, 0.717) is 5.71 Å². The van der Waals surface area contributed by atoms with E-state index in [1.807, 2.05) is 48.5 Å². The average Bonchev–Trinajstić information content (AvgIpc) is 3.41. The zero-order valence-corrected chi connectivity index (χ0v) is 19.7. The minimum Gasteiger partial charge on any atom is -0.443 e. The number of rotatable bonds is 6. The molecule has 1 heterocycles. The van der Waals surface area contributed by atoms with Gasteiger partial charge in [0.1, 0.15) is 5.52 Å². The average molecular weight is 465 g/mol. The van der Waals surface area contributed by atoms with E-state index >= 15 is 0 Å². The number of fused-ring (bicyclic) bond motifs is 2. The van der Waals surface area contributed by atoms with Crippen molar-refractivity contribution in [3.8, 4) is 22.3 Å². The van der Waals surface area contributed by atoms with Gasteiger partial charge < -0.3 is 9.83 Å². The second kappa shape index (κ2) is 9.47. The summed E-state index contributed by atoms with van der Waals surface area (Å²) in [6, 6.07) is 37.5. The van der Waals surface area contributed by atoms with E-state index in [1.165, 1.54) is 22.7 Å². The summed E-state index contributed by atoms with van der Waals surface area (Å²) in [4.78, 5) is 4.26. The third-order valence-electron chi connectivity index (χ3n) is 6.51. The van der Waals surface area contributed by atoms with Crippen LogP contribution in [0.5, 0.6) is 0 Å². The molecule has 0 aliphatic rings. The van der Waals surface area contributed by atoms with Crippen LogP contribution in [-0.2, 0) is 6.42 Å². The SMILES string of the molecule is N=C(/C=C\Cc1ccccc1)c1cccc(-c2c(-c3ccc4ncoc4c3)ccc3ccccc23)c1. The Morgan fingerprint density at radius 2 is 1.64 bits per heavy atom. The molecule has 0 aliphatic heterocycles. The highest BCUT2D eigenvalue weighted by molar-refractivity contribution is 6.09. The molecule has 0 saturated heterocycles. The summed E-state index contributed by atoms with van der Waals surface area (Å²) in [6.07, 6.45) is 6.24.